The van der Waals surface area contributed by atoms with E-state index in [1.54, 1.807) is 0 Å². The number of nitrogens with one attached hydrogen (secondary N) is 1. The lowest BCUT2D eigenvalue weighted by Crippen LogP contribution is -2.66. The Hall–Kier alpha value is -0.0800. The predicted molar refractivity (Wildman–Crippen MR) is 88.1 cm³/mol. The average Bonchev–Trinajstić information content (AvgIpc) is 3.19. The van der Waals surface area contributed by atoms with Crippen LogP contribution in [0.25, 0.3) is 0 Å². The van der Waals surface area contributed by atoms with Crippen LogP contribution in [0.5, 0.6) is 0 Å². The molecule has 1 aliphatic heterocycles. The minimum atomic E-state index is 0.368. The van der Waals surface area contributed by atoms with Gasteiger partial charge in [-0.1, -0.05) is 47.0 Å². The molecule has 0 aromatic carbocycles. The molecule has 20 heavy (non-hydrogen) atoms. The van der Waals surface area contributed by atoms with Crippen molar-refractivity contribution in [1.29, 1.82) is 0 Å². The van der Waals surface area contributed by atoms with E-state index in [1.807, 2.05) is 0 Å². The highest BCUT2D eigenvalue weighted by Gasteiger charge is 2.49. The monoisotopic (exact) mass is 280 g/mol. The van der Waals surface area contributed by atoms with E-state index in [0.717, 1.165) is 5.92 Å². The van der Waals surface area contributed by atoms with E-state index in [2.05, 4.69) is 44.8 Å². The maximum atomic E-state index is 3.86. The molecule has 1 N–H and O–H groups in total. The minimum Gasteiger partial charge on any atom is -0.310 e. The Balaban J connectivity index is 1.96. The molecule has 1 saturated heterocycles. The van der Waals surface area contributed by atoms with Crippen molar-refractivity contribution in [2.45, 2.75) is 84.7 Å². The number of piperazine rings is 1. The van der Waals surface area contributed by atoms with Gasteiger partial charge in [0, 0.05) is 24.7 Å². The summed E-state index contributed by atoms with van der Waals surface area (Å²) in [5, 5.41) is 3.86. The van der Waals surface area contributed by atoms with Crippen molar-refractivity contribution < 1.29 is 0 Å². The van der Waals surface area contributed by atoms with E-state index in [0.29, 0.717) is 17.0 Å². The Morgan fingerprint density at radius 3 is 2.40 bits per heavy atom. The zero-order valence-corrected chi connectivity index (χ0v) is 14.5. The van der Waals surface area contributed by atoms with Crippen LogP contribution in [-0.2, 0) is 0 Å². The summed E-state index contributed by atoms with van der Waals surface area (Å²) in [7, 11) is 0. The molecular weight excluding hydrogens is 244 g/mol. The summed E-state index contributed by atoms with van der Waals surface area (Å²) in [5.74, 6) is 0.946. The second-order valence-corrected chi connectivity index (χ2v) is 8.44. The molecule has 118 valence electrons. The quantitative estimate of drug-likeness (QED) is 0.738. The van der Waals surface area contributed by atoms with Gasteiger partial charge < -0.3 is 5.32 Å². The molecule has 2 fully saturated rings. The first-order valence-corrected chi connectivity index (χ1v) is 8.86. The summed E-state index contributed by atoms with van der Waals surface area (Å²) in [6.45, 7) is 15.7. The standard InChI is InChI=1S/C18H36N2/c1-6-7-8-9-12-20-13-16(17(2,3)4)19-14-18(20,5)15-10-11-15/h15-16,19H,6-14H2,1-5H3. The van der Waals surface area contributed by atoms with Gasteiger partial charge in [0.05, 0.1) is 0 Å². The smallest absolute Gasteiger partial charge is 0.0334 e. The van der Waals surface area contributed by atoms with Gasteiger partial charge in [-0.25, -0.2) is 0 Å². The molecule has 0 amide bonds. The number of hydrogen-bond donors (Lipinski definition) is 1. The minimum absolute atomic E-state index is 0.368. The van der Waals surface area contributed by atoms with Crippen LogP contribution in [0.15, 0.2) is 0 Å². The molecular formula is C18H36N2. The summed E-state index contributed by atoms with van der Waals surface area (Å²) >= 11 is 0. The van der Waals surface area contributed by atoms with Crippen molar-refractivity contribution in [2.75, 3.05) is 19.6 Å². The van der Waals surface area contributed by atoms with E-state index in [4.69, 9.17) is 0 Å². The molecule has 1 saturated carbocycles. The molecule has 1 aliphatic carbocycles. The molecule has 2 rings (SSSR count). The van der Waals surface area contributed by atoms with Gasteiger partial charge in [-0.05, 0) is 44.1 Å². The molecule has 0 aromatic heterocycles. The van der Waals surface area contributed by atoms with Crippen LogP contribution in [0, 0.1) is 11.3 Å². The van der Waals surface area contributed by atoms with Crippen LogP contribution in [0.2, 0.25) is 0 Å². The Morgan fingerprint density at radius 1 is 1.15 bits per heavy atom. The fourth-order valence-electron chi connectivity index (χ4n) is 3.70. The van der Waals surface area contributed by atoms with Gasteiger partial charge in [-0.3, -0.25) is 4.90 Å². The normalized spacial score (nSPS) is 32.5. The number of unbranched alkanes of at least 4 members (excludes halogenated alkanes) is 3. The first kappa shape index (κ1) is 16.3. The number of hydrogen-bond acceptors (Lipinski definition) is 2. The summed E-state index contributed by atoms with van der Waals surface area (Å²) in [6.07, 6.45) is 8.42. The molecule has 0 bridgehead atoms. The van der Waals surface area contributed by atoms with Crippen LogP contribution in [0.4, 0.5) is 0 Å². The van der Waals surface area contributed by atoms with Crippen molar-refractivity contribution in [1.82, 2.24) is 10.2 Å². The lowest BCUT2D eigenvalue weighted by molar-refractivity contribution is 0.00938. The van der Waals surface area contributed by atoms with Crippen LogP contribution in [0.1, 0.15) is 73.1 Å². The molecule has 2 aliphatic rings. The van der Waals surface area contributed by atoms with Gasteiger partial charge >= 0.3 is 0 Å². The molecule has 0 spiro atoms. The third-order valence-electron chi connectivity index (χ3n) is 5.62. The second kappa shape index (κ2) is 6.36. The molecule has 2 heteroatoms. The number of nitrogens with zero attached hydrogens (tertiary/aromatic N) is 1. The maximum absolute atomic E-state index is 3.86. The Labute approximate surface area is 126 Å². The van der Waals surface area contributed by atoms with Crippen LogP contribution < -0.4 is 5.32 Å². The molecule has 1 heterocycles. The Morgan fingerprint density at radius 2 is 1.85 bits per heavy atom. The average molecular weight is 281 g/mol. The fraction of sp³-hybridized carbons (Fsp3) is 1.00. The first-order valence-electron chi connectivity index (χ1n) is 8.86. The molecule has 2 atom stereocenters. The molecule has 0 aromatic rings. The summed E-state index contributed by atoms with van der Waals surface area (Å²) in [4.78, 5) is 2.84. The predicted octanol–water partition coefficient (Wildman–Crippen LogP) is 4.06. The van der Waals surface area contributed by atoms with Crippen molar-refractivity contribution in [2.24, 2.45) is 11.3 Å². The topological polar surface area (TPSA) is 15.3 Å². The fourth-order valence-corrected chi connectivity index (χ4v) is 3.70. The van der Waals surface area contributed by atoms with Gasteiger partial charge in [0.25, 0.3) is 0 Å². The summed E-state index contributed by atoms with van der Waals surface area (Å²) in [6, 6.07) is 0.639. The largest absolute Gasteiger partial charge is 0.310 e. The van der Waals surface area contributed by atoms with Crippen molar-refractivity contribution in [3.05, 3.63) is 0 Å². The van der Waals surface area contributed by atoms with Crippen LogP contribution in [-0.4, -0.2) is 36.1 Å². The van der Waals surface area contributed by atoms with E-state index in [9.17, 15) is 0 Å². The highest BCUT2D eigenvalue weighted by atomic mass is 15.3. The third kappa shape index (κ3) is 3.76. The Bertz CT molecular complexity index is 303. The van der Waals surface area contributed by atoms with Crippen LogP contribution in [0.3, 0.4) is 0 Å². The number of rotatable bonds is 6. The zero-order chi connectivity index (χ0) is 14.8. The van der Waals surface area contributed by atoms with Gasteiger partial charge in [-0.15, -0.1) is 0 Å². The lowest BCUT2D eigenvalue weighted by atomic mass is 9.81. The van der Waals surface area contributed by atoms with E-state index >= 15 is 0 Å². The van der Waals surface area contributed by atoms with Gasteiger partial charge in [0.2, 0.25) is 0 Å². The lowest BCUT2D eigenvalue weighted by Gasteiger charge is -2.51. The third-order valence-corrected chi connectivity index (χ3v) is 5.62. The summed E-state index contributed by atoms with van der Waals surface area (Å²) in [5.41, 5.74) is 0.792. The summed E-state index contributed by atoms with van der Waals surface area (Å²) < 4.78 is 0. The maximum Gasteiger partial charge on any atom is 0.0334 e. The van der Waals surface area contributed by atoms with Crippen molar-refractivity contribution in [3.63, 3.8) is 0 Å². The van der Waals surface area contributed by atoms with E-state index < -0.39 is 0 Å². The molecule has 0 radical (unpaired) electrons. The SMILES string of the molecule is CCCCCCN1CC(C(C)(C)C)NCC1(C)C1CC1. The van der Waals surface area contributed by atoms with E-state index in [-0.39, 0.29) is 0 Å². The van der Waals surface area contributed by atoms with Crippen molar-refractivity contribution in [3.8, 4) is 0 Å². The van der Waals surface area contributed by atoms with Crippen molar-refractivity contribution >= 4 is 0 Å². The molecule has 2 nitrogen and oxygen atoms in total. The first-order chi connectivity index (χ1) is 9.38. The van der Waals surface area contributed by atoms with Gasteiger partial charge in [0.1, 0.15) is 0 Å². The van der Waals surface area contributed by atoms with E-state index in [1.165, 1.54) is 58.2 Å². The van der Waals surface area contributed by atoms with Gasteiger partial charge in [0.15, 0.2) is 0 Å². The highest BCUT2D eigenvalue weighted by molar-refractivity contribution is 5.06. The highest BCUT2D eigenvalue weighted by Crippen LogP contribution is 2.44. The Kier molecular flexibility index (Phi) is 5.18. The van der Waals surface area contributed by atoms with Gasteiger partial charge in [-0.2, -0.15) is 0 Å². The zero-order valence-electron chi connectivity index (χ0n) is 14.5. The van der Waals surface area contributed by atoms with Crippen LogP contribution >= 0.6 is 0 Å². The second-order valence-electron chi connectivity index (χ2n) is 8.44. The molecule has 2 unspecified atom stereocenters.